The van der Waals surface area contributed by atoms with E-state index in [0.717, 1.165) is 17.0 Å². The van der Waals surface area contributed by atoms with Crippen LogP contribution in [-0.2, 0) is 11.2 Å². The highest BCUT2D eigenvalue weighted by Gasteiger charge is 2.25. The van der Waals surface area contributed by atoms with Crippen molar-refractivity contribution in [2.24, 2.45) is 0 Å². The lowest BCUT2D eigenvalue weighted by atomic mass is 10.1. The number of carbonyl (C=O) groups is 1. The molecule has 3 rings (SSSR count). The van der Waals surface area contributed by atoms with E-state index in [4.69, 9.17) is 4.74 Å². The highest BCUT2D eigenvalue weighted by atomic mass is 32.1. The first-order valence-corrected chi connectivity index (χ1v) is 6.80. The molecule has 1 aliphatic rings. The van der Waals surface area contributed by atoms with Gasteiger partial charge >= 0.3 is 0 Å². The number of ether oxygens (including phenoxy) is 1. The molecule has 0 fully saturated rings. The summed E-state index contributed by atoms with van der Waals surface area (Å²) in [5, 5.41) is 7.22. The molecule has 1 atom stereocenters. The molecule has 0 saturated heterocycles. The Labute approximate surface area is 109 Å². The summed E-state index contributed by atoms with van der Waals surface area (Å²) >= 11 is 1.61. The van der Waals surface area contributed by atoms with Crippen molar-refractivity contribution in [3.8, 4) is 5.75 Å². The first kappa shape index (κ1) is 11.3. The summed E-state index contributed by atoms with van der Waals surface area (Å²) in [5.74, 6) is 0.878. The highest BCUT2D eigenvalue weighted by Crippen LogP contribution is 2.28. The fraction of sp³-hybridized carbons (Fsp3) is 0.214. The molecular formula is C14H13NO2S. The van der Waals surface area contributed by atoms with Gasteiger partial charge in [-0.25, -0.2) is 0 Å². The fourth-order valence-electron chi connectivity index (χ4n) is 2.00. The van der Waals surface area contributed by atoms with Crippen molar-refractivity contribution in [1.82, 2.24) is 0 Å². The average Bonchev–Trinajstić information content (AvgIpc) is 2.91. The molecule has 92 valence electrons. The van der Waals surface area contributed by atoms with Crippen molar-refractivity contribution in [2.75, 3.05) is 11.9 Å². The van der Waals surface area contributed by atoms with Gasteiger partial charge < -0.3 is 10.1 Å². The molecule has 3 nitrogen and oxygen atoms in total. The van der Waals surface area contributed by atoms with Gasteiger partial charge in [0.05, 0.1) is 12.2 Å². The number of thiophene rings is 1. The second-order valence-electron chi connectivity index (χ2n) is 4.26. The summed E-state index contributed by atoms with van der Waals surface area (Å²) in [6.07, 6.45) is 0.0534. The molecule has 0 radical (unpaired) electrons. The van der Waals surface area contributed by atoms with Crippen LogP contribution < -0.4 is 10.1 Å². The van der Waals surface area contributed by atoms with Gasteiger partial charge in [-0.3, -0.25) is 4.79 Å². The number of para-hydroxylation sites is 2. The maximum atomic E-state index is 12.1. The molecule has 0 amide bonds. The predicted octanol–water partition coefficient (Wildman–Crippen LogP) is 2.73. The number of nitrogens with one attached hydrogen (secondary N) is 1. The van der Waals surface area contributed by atoms with E-state index in [1.54, 1.807) is 11.3 Å². The van der Waals surface area contributed by atoms with E-state index in [0.29, 0.717) is 13.0 Å². The van der Waals surface area contributed by atoms with E-state index in [1.807, 2.05) is 41.1 Å². The summed E-state index contributed by atoms with van der Waals surface area (Å²) in [7, 11) is 0. The van der Waals surface area contributed by atoms with Crippen molar-refractivity contribution in [3.05, 3.63) is 46.7 Å². The van der Waals surface area contributed by atoms with Crippen LogP contribution >= 0.6 is 11.3 Å². The van der Waals surface area contributed by atoms with Crippen molar-refractivity contribution in [3.63, 3.8) is 0 Å². The van der Waals surface area contributed by atoms with Gasteiger partial charge in [0.15, 0.2) is 11.9 Å². The number of benzene rings is 1. The number of hydrogen-bond acceptors (Lipinski definition) is 4. The van der Waals surface area contributed by atoms with Crippen LogP contribution in [0.2, 0.25) is 0 Å². The Bertz CT molecular complexity index is 551. The third-order valence-electron chi connectivity index (χ3n) is 2.95. The maximum Gasteiger partial charge on any atom is 0.179 e. The summed E-state index contributed by atoms with van der Waals surface area (Å²) in [4.78, 5) is 12.1. The van der Waals surface area contributed by atoms with Crippen molar-refractivity contribution >= 4 is 22.8 Å². The number of rotatable bonds is 3. The molecule has 0 bridgehead atoms. The van der Waals surface area contributed by atoms with Crippen LogP contribution in [0, 0.1) is 0 Å². The highest BCUT2D eigenvalue weighted by molar-refractivity contribution is 7.08. The molecule has 1 aromatic carbocycles. The lowest BCUT2D eigenvalue weighted by molar-refractivity contribution is -0.124. The van der Waals surface area contributed by atoms with E-state index >= 15 is 0 Å². The third-order valence-corrected chi connectivity index (χ3v) is 3.68. The zero-order valence-corrected chi connectivity index (χ0v) is 10.6. The first-order chi connectivity index (χ1) is 8.83. The van der Waals surface area contributed by atoms with E-state index in [9.17, 15) is 4.79 Å². The minimum absolute atomic E-state index is 0.121. The van der Waals surface area contributed by atoms with Crippen molar-refractivity contribution < 1.29 is 9.53 Å². The first-order valence-electron chi connectivity index (χ1n) is 5.86. The number of anilines is 1. The van der Waals surface area contributed by atoms with Crippen LogP contribution in [0.1, 0.15) is 5.56 Å². The molecule has 1 N–H and O–H groups in total. The summed E-state index contributed by atoms with van der Waals surface area (Å²) in [6.45, 7) is 0.542. The lowest BCUT2D eigenvalue weighted by Gasteiger charge is -2.26. The van der Waals surface area contributed by atoms with Gasteiger partial charge in [-0.15, -0.1) is 0 Å². The smallest absolute Gasteiger partial charge is 0.179 e. The molecule has 1 unspecified atom stereocenters. The van der Waals surface area contributed by atoms with Gasteiger partial charge in [0, 0.05) is 6.42 Å². The Kier molecular flexibility index (Phi) is 3.02. The second kappa shape index (κ2) is 4.82. The standard InChI is InChI=1S/C14H13NO2S/c16-12(7-10-5-6-18-9-10)14-8-15-11-3-1-2-4-13(11)17-14/h1-6,9,14-15H,7-8H2. The molecule has 4 heteroatoms. The Morgan fingerprint density at radius 2 is 2.28 bits per heavy atom. The van der Waals surface area contributed by atoms with E-state index in [1.165, 1.54) is 0 Å². The number of carbonyl (C=O) groups excluding carboxylic acids is 1. The van der Waals surface area contributed by atoms with Crippen LogP contribution in [0.5, 0.6) is 5.75 Å². The minimum atomic E-state index is -0.389. The summed E-state index contributed by atoms with van der Waals surface area (Å²) in [5.41, 5.74) is 2.02. The molecule has 0 spiro atoms. The zero-order valence-electron chi connectivity index (χ0n) is 9.76. The lowest BCUT2D eigenvalue weighted by Crippen LogP contribution is -2.38. The van der Waals surface area contributed by atoms with Gasteiger partial charge in [0.1, 0.15) is 5.75 Å². The normalized spacial score (nSPS) is 17.4. The number of ketones is 1. The largest absolute Gasteiger partial charge is 0.479 e. The van der Waals surface area contributed by atoms with Crippen LogP contribution in [0.15, 0.2) is 41.1 Å². The number of fused-ring (bicyclic) bond motifs is 1. The van der Waals surface area contributed by atoms with E-state index < -0.39 is 0 Å². The SMILES string of the molecule is O=C(Cc1ccsc1)C1CNc2ccccc2O1. The number of hydrogen-bond donors (Lipinski definition) is 1. The molecule has 2 heterocycles. The van der Waals surface area contributed by atoms with Crippen molar-refractivity contribution in [2.45, 2.75) is 12.5 Å². The minimum Gasteiger partial charge on any atom is -0.479 e. The van der Waals surface area contributed by atoms with Gasteiger partial charge in [-0.1, -0.05) is 12.1 Å². The monoisotopic (exact) mass is 259 g/mol. The Hall–Kier alpha value is -1.81. The maximum absolute atomic E-state index is 12.1. The molecule has 1 aromatic heterocycles. The fourth-order valence-corrected chi connectivity index (χ4v) is 2.67. The Balaban J connectivity index is 1.70. The summed E-state index contributed by atoms with van der Waals surface area (Å²) in [6, 6.07) is 9.67. The van der Waals surface area contributed by atoms with E-state index in [-0.39, 0.29) is 11.9 Å². The molecule has 0 saturated carbocycles. The summed E-state index contributed by atoms with van der Waals surface area (Å²) < 4.78 is 5.73. The Morgan fingerprint density at radius 1 is 1.39 bits per heavy atom. The van der Waals surface area contributed by atoms with Crippen LogP contribution in [0.3, 0.4) is 0 Å². The van der Waals surface area contributed by atoms with Crippen LogP contribution in [0.25, 0.3) is 0 Å². The quantitative estimate of drug-likeness (QED) is 0.921. The Morgan fingerprint density at radius 3 is 3.11 bits per heavy atom. The predicted molar refractivity (Wildman–Crippen MR) is 72.4 cm³/mol. The van der Waals surface area contributed by atoms with Gasteiger partial charge in [0.25, 0.3) is 0 Å². The second-order valence-corrected chi connectivity index (χ2v) is 5.04. The van der Waals surface area contributed by atoms with E-state index in [2.05, 4.69) is 5.32 Å². The van der Waals surface area contributed by atoms with Gasteiger partial charge in [0.2, 0.25) is 0 Å². The zero-order chi connectivity index (χ0) is 12.4. The molecular weight excluding hydrogens is 246 g/mol. The molecule has 18 heavy (non-hydrogen) atoms. The third kappa shape index (κ3) is 2.24. The molecule has 2 aromatic rings. The van der Waals surface area contributed by atoms with Crippen molar-refractivity contribution in [1.29, 1.82) is 0 Å². The number of Topliss-reactive ketones (excluding diaryl/α,β-unsaturated/α-hetero) is 1. The van der Waals surface area contributed by atoms with Gasteiger partial charge in [-0.05, 0) is 34.5 Å². The van der Waals surface area contributed by atoms with Crippen LogP contribution in [0.4, 0.5) is 5.69 Å². The molecule has 1 aliphatic heterocycles. The van der Waals surface area contributed by atoms with Crippen LogP contribution in [-0.4, -0.2) is 18.4 Å². The average molecular weight is 259 g/mol. The topological polar surface area (TPSA) is 38.3 Å². The molecule has 0 aliphatic carbocycles. The van der Waals surface area contributed by atoms with Gasteiger partial charge in [-0.2, -0.15) is 11.3 Å².